The lowest BCUT2D eigenvalue weighted by Crippen LogP contribution is -2.52. The summed E-state index contributed by atoms with van der Waals surface area (Å²) < 4.78 is 0. The average molecular weight is 360 g/mol. The molecule has 146 valence electrons. The van der Waals surface area contributed by atoms with Gasteiger partial charge in [0.25, 0.3) is 0 Å². The molecule has 0 aliphatic heterocycles. The molecule has 0 amide bonds. The van der Waals surface area contributed by atoms with Gasteiger partial charge in [0.15, 0.2) is 0 Å². The van der Waals surface area contributed by atoms with Crippen molar-refractivity contribution in [2.45, 2.75) is 129 Å². The first-order chi connectivity index (χ1) is 11.3. The van der Waals surface area contributed by atoms with Gasteiger partial charge in [-0.1, -0.05) is 97.8 Å². The van der Waals surface area contributed by atoms with Gasteiger partial charge in [-0.15, -0.1) is 12.4 Å². The zero-order valence-electron chi connectivity index (χ0n) is 17.0. The van der Waals surface area contributed by atoms with Crippen molar-refractivity contribution in [1.82, 2.24) is 5.32 Å². The Hall–Kier alpha value is 0.250. The normalized spacial score (nSPS) is 23.9. The second kappa shape index (κ2) is 15.5. The lowest BCUT2D eigenvalue weighted by molar-refractivity contribution is 0.130. The first kappa shape index (κ1) is 24.2. The van der Waals surface area contributed by atoms with Crippen molar-refractivity contribution in [3.63, 3.8) is 0 Å². The quantitative estimate of drug-likeness (QED) is 0.314. The maximum atomic E-state index is 4.01. The molecule has 0 spiro atoms. The number of halogens is 1. The van der Waals surface area contributed by atoms with E-state index in [2.05, 4.69) is 26.1 Å². The predicted octanol–water partition coefficient (Wildman–Crippen LogP) is 7.67. The highest BCUT2D eigenvalue weighted by Gasteiger charge is 2.37. The summed E-state index contributed by atoms with van der Waals surface area (Å²) in [5.41, 5.74) is 0.478. The minimum absolute atomic E-state index is 0. The molecule has 2 heteroatoms. The first-order valence-corrected chi connectivity index (χ1v) is 11.0. The lowest BCUT2D eigenvalue weighted by Gasteiger charge is -2.44. The van der Waals surface area contributed by atoms with Gasteiger partial charge >= 0.3 is 0 Å². The standard InChI is InChI=1S/C22H45N.ClH/c1-4-7-8-9-10-11-12-13-14-17-20-23-22(6-3)19-16-15-18-21(22)5-2;/h21,23H,4-20H2,1-3H3;1H. The van der Waals surface area contributed by atoms with Crippen LogP contribution in [0.2, 0.25) is 0 Å². The monoisotopic (exact) mass is 359 g/mol. The van der Waals surface area contributed by atoms with E-state index in [9.17, 15) is 0 Å². The Morgan fingerprint density at radius 1 is 0.792 bits per heavy atom. The fourth-order valence-corrected chi connectivity index (χ4v) is 4.68. The van der Waals surface area contributed by atoms with Crippen molar-refractivity contribution in [2.75, 3.05) is 6.54 Å². The zero-order valence-corrected chi connectivity index (χ0v) is 17.8. The third-order valence-corrected chi connectivity index (χ3v) is 6.34. The lowest BCUT2D eigenvalue weighted by atomic mass is 9.70. The van der Waals surface area contributed by atoms with E-state index in [-0.39, 0.29) is 12.4 Å². The van der Waals surface area contributed by atoms with E-state index in [0.717, 1.165) is 5.92 Å². The molecule has 0 aromatic carbocycles. The van der Waals surface area contributed by atoms with Gasteiger partial charge < -0.3 is 5.32 Å². The maximum absolute atomic E-state index is 4.01. The van der Waals surface area contributed by atoms with Crippen LogP contribution in [0.25, 0.3) is 0 Å². The van der Waals surface area contributed by atoms with Crippen molar-refractivity contribution >= 4 is 12.4 Å². The van der Waals surface area contributed by atoms with Gasteiger partial charge in [-0.05, 0) is 38.1 Å². The minimum atomic E-state index is 0. The molecule has 0 saturated heterocycles. The Morgan fingerprint density at radius 2 is 1.38 bits per heavy atom. The molecule has 2 atom stereocenters. The number of unbranched alkanes of at least 4 members (excludes halogenated alkanes) is 9. The van der Waals surface area contributed by atoms with E-state index >= 15 is 0 Å². The molecule has 0 heterocycles. The largest absolute Gasteiger partial charge is 0.311 e. The Balaban J connectivity index is 0.00000529. The van der Waals surface area contributed by atoms with Gasteiger partial charge in [-0.25, -0.2) is 0 Å². The van der Waals surface area contributed by atoms with Crippen LogP contribution in [0.4, 0.5) is 0 Å². The molecule has 1 saturated carbocycles. The summed E-state index contributed by atoms with van der Waals surface area (Å²) in [6.45, 7) is 8.34. The highest BCUT2D eigenvalue weighted by molar-refractivity contribution is 5.85. The van der Waals surface area contributed by atoms with Crippen LogP contribution in [0.1, 0.15) is 124 Å². The van der Waals surface area contributed by atoms with E-state index in [0.29, 0.717) is 5.54 Å². The first-order valence-electron chi connectivity index (χ1n) is 11.0. The van der Waals surface area contributed by atoms with Crippen LogP contribution >= 0.6 is 12.4 Å². The summed E-state index contributed by atoms with van der Waals surface area (Å²) in [6.07, 6.45) is 22.8. The molecule has 2 unspecified atom stereocenters. The van der Waals surface area contributed by atoms with E-state index in [4.69, 9.17) is 0 Å². The molecule has 1 N–H and O–H groups in total. The molecule has 0 aromatic heterocycles. The van der Waals surface area contributed by atoms with Crippen LogP contribution < -0.4 is 5.32 Å². The molecular weight excluding hydrogens is 314 g/mol. The topological polar surface area (TPSA) is 12.0 Å². The van der Waals surface area contributed by atoms with Crippen molar-refractivity contribution in [1.29, 1.82) is 0 Å². The molecule has 0 aromatic rings. The van der Waals surface area contributed by atoms with E-state index in [1.807, 2.05) is 0 Å². The van der Waals surface area contributed by atoms with Gasteiger partial charge in [0.1, 0.15) is 0 Å². The molecule has 1 aliphatic carbocycles. The zero-order chi connectivity index (χ0) is 16.8. The number of rotatable bonds is 14. The van der Waals surface area contributed by atoms with Crippen LogP contribution in [0.15, 0.2) is 0 Å². The molecule has 1 aliphatic rings. The van der Waals surface area contributed by atoms with Crippen molar-refractivity contribution < 1.29 is 0 Å². The minimum Gasteiger partial charge on any atom is -0.311 e. The van der Waals surface area contributed by atoms with Gasteiger partial charge in [-0.2, -0.15) is 0 Å². The molecule has 1 fully saturated rings. The van der Waals surface area contributed by atoms with Gasteiger partial charge in [0.05, 0.1) is 0 Å². The number of nitrogens with one attached hydrogen (secondary N) is 1. The van der Waals surface area contributed by atoms with Gasteiger partial charge in [0, 0.05) is 5.54 Å². The summed E-state index contributed by atoms with van der Waals surface area (Å²) in [7, 11) is 0. The fourth-order valence-electron chi connectivity index (χ4n) is 4.68. The highest BCUT2D eigenvalue weighted by Crippen LogP contribution is 2.38. The second-order valence-electron chi connectivity index (χ2n) is 7.97. The Labute approximate surface area is 159 Å². The van der Waals surface area contributed by atoms with Crippen molar-refractivity contribution in [3.8, 4) is 0 Å². The number of hydrogen-bond acceptors (Lipinski definition) is 1. The Kier molecular flexibility index (Phi) is 15.7. The van der Waals surface area contributed by atoms with Crippen LogP contribution in [-0.2, 0) is 0 Å². The Bertz CT molecular complexity index is 269. The Morgan fingerprint density at radius 3 is 1.92 bits per heavy atom. The number of hydrogen-bond donors (Lipinski definition) is 1. The summed E-state index contributed by atoms with van der Waals surface area (Å²) in [4.78, 5) is 0. The molecule has 0 radical (unpaired) electrons. The molecule has 1 rings (SSSR count). The maximum Gasteiger partial charge on any atom is 0.0206 e. The van der Waals surface area contributed by atoms with Crippen LogP contribution in [-0.4, -0.2) is 12.1 Å². The van der Waals surface area contributed by atoms with Gasteiger partial charge in [-0.3, -0.25) is 0 Å². The van der Waals surface area contributed by atoms with E-state index in [1.54, 1.807) is 0 Å². The second-order valence-corrected chi connectivity index (χ2v) is 7.97. The van der Waals surface area contributed by atoms with Crippen LogP contribution in [0.3, 0.4) is 0 Å². The molecule has 24 heavy (non-hydrogen) atoms. The SMILES string of the molecule is CCCCCCCCCCCCNC1(CC)CCCCC1CC.Cl. The van der Waals surface area contributed by atoms with E-state index in [1.165, 1.54) is 109 Å². The highest BCUT2D eigenvalue weighted by atomic mass is 35.5. The molecule has 1 nitrogen and oxygen atoms in total. The summed E-state index contributed by atoms with van der Waals surface area (Å²) >= 11 is 0. The predicted molar refractivity (Wildman–Crippen MR) is 112 cm³/mol. The fraction of sp³-hybridized carbons (Fsp3) is 1.00. The van der Waals surface area contributed by atoms with Crippen LogP contribution in [0.5, 0.6) is 0 Å². The third-order valence-electron chi connectivity index (χ3n) is 6.34. The molecule has 0 bridgehead atoms. The van der Waals surface area contributed by atoms with Crippen molar-refractivity contribution in [2.24, 2.45) is 5.92 Å². The van der Waals surface area contributed by atoms with Gasteiger partial charge in [0.2, 0.25) is 0 Å². The van der Waals surface area contributed by atoms with Crippen molar-refractivity contribution in [3.05, 3.63) is 0 Å². The van der Waals surface area contributed by atoms with E-state index < -0.39 is 0 Å². The average Bonchev–Trinajstić information content (AvgIpc) is 2.60. The summed E-state index contributed by atoms with van der Waals surface area (Å²) in [5, 5.41) is 4.01. The smallest absolute Gasteiger partial charge is 0.0206 e. The molecular formula is C22H46ClN. The third kappa shape index (κ3) is 9.09. The van der Waals surface area contributed by atoms with Crippen LogP contribution in [0, 0.1) is 5.92 Å². The summed E-state index contributed by atoms with van der Waals surface area (Å²) in [6, 6.07) is 0. The summed E-state index contributed by atoms with van der Waals surface area (Å²) in [5.74, 6) is 0.921.